The number of rotatable bonds is 4. The Morgan fingerprint density at radius 2 is 1.66 bits per heavy atom. The Balaban J connectivity index is 1.31. The zero-order chi connectivity index (χ0) is 21.7. The maximum absolute atomic E-state index is 13.1. The summed E-state index contributed by atoms with van der Waals surface area (Å²) in [5, 5.41) is 7.06. The second-order valence-corrected chi connectivity index (χ2v) is 9.88. The third-order valence-electron chi connectivity index (χ3n) is 8.16. The van der Waals surface area contributed by atoms with Gasteiger partial charge < -0.3 is 10.6 Å². The number of benzene rings is 3. The molecule has 0 aromatic heterocycles. The number of hydrogen-bond donors (Lipinski definition) is 2. The summed E-state index contributed by atoms with van der Waals surface area (Å²) in [7, 11) is 0. The van der Waals surface area contributed by atoms with E-state index in [0.717, 1.165) is 23.0 Å². The van der Waals surface area contributed by atoms with Crippen LogP contribution in [-0.2, 0) is 0 Å². The van der Waals surface area contributed by atoms with Gasteiger partial charge in [0.25, 0.3) is 5.91 Å². The molecule has 3 aromatic rings. The van der Waals surface area contributed by atoms with Crippen LogP contribution in [0.25, 0.3) is 0 Å². The Bertz CT molecular complexity index is 1130. The number of anilines is 1. The molecule has 2 fully saturated rings. The molecule has 1 heterocycles. The predicted octanol–water partition coefficient (Wildman–Crippen LogP) is 6.47. The maximum Gasteiger partial charge on any atom is 0.251 e. The summed E-state index contributed by atoms with van der Waals surface area (Å²) < 4.78 is 0. The largest absolute Gasteiger partial charge is 0.378 e. The number of amides is 1. The highest BCUT2D eigenvalue weighted by Crippen LogP contribution is 2.63. The van der Waals surface area contributed by atoms with E-state index in [1.165, 1.54) is 36.1 Å². The van der Waals surface area contributed by atoms with E-state index in [2.05, 4.69) is 65.2 Å². The van der Waals surface area contributed by atoms with Crippen molar-refractivity contribution in [3.63, 3.8) is 0 Å². The molecule has 6 rings (SSSR count). The Hall–Kier alpha value is -3.07. The van der Waals surface area contributed by atoms with Crippen LogP contribution < -0.4 is 10.6 Å². The Kier molecular flexibility index (Phi) is 4.78. The molecule has 32 heavy (non-hydrogen) atoms. The van der Waals surface area contributed by atoms with Crippen LogP contribution in [-0.4, -0.2) is 5.91 Å². The fourth-order valence-corrected chi connectivity index (χ4v) is 6.72. The fraction of sp³-hybridized carbons (Fsp3) is 0.345. The Morgan fingerprint density at radius 3 is 2.44 bits per heavy atom. The molecule has 0 saturated heterocycles. The van der Waals surface area contributed by atoms with Crippen LogP contribution in [0.3, 0.4) is 0 Å². The van der Waals surface area contributed by atoms with Crippen molar-refractivity contribution in [2.75, 3.05) is 5.32 Å². The Labute approximate surface area is 190 Å². The highest BCUT2D eigenvalue weighted by molar-refractivity contribution is 5.95. The second-order valence-electron chi connectivity index (χ2n) is 9.88. The first-order chi connectivity index (χ1) is 15.7. The minimum absolute atomic E-state index is 0.00837. The lowest BCUT2D eigenvalue weighted by Gasteiger charge is -2.43. The van der Waals surface area contributed by atoms with E-state index in [1.807, 2.05) is 31.2 Å². The molecule has 2 N–H and O–H groups in total. The van der Waals surface area contributed by atoms with Crippen molar-refractivity contribution >= 4 is 11.6 Å². The lowest BCUT2D eigenvalue weighted by molar-refractivity contribution is 0.0939. The molecule has 1 amide bonds. The summed E-state index contributed by atoms with van der Waals surface area (Å²) in [5.41, 5.74) is 5.85. The van der Waals surface area contributed by atoms with Gasteiger partial charge in [0.15, 0.2) is 0 Å². The highest BCUT2D eigenvalue weighted by Gasteiger charge is 2.53. The van der Waals surface area contributed by atoms with Crippen molar-refractivity contribution in [1.82, 2.24) is 5.32 Å². The van der Waals surface area contributed by atoms with Gasteiger partial charge in [0.05, 0.1) is 12.1 Å². The first-order valence-electron chi connectivity index (χ1n) is 12.0. The smallest absolute Gasteiger partial charge is 0.251 e. The molecule has 0 spiro atoms. The van der Waals surface area contributed by atoms with Crippen molar-refractivity contribution in [3.8, 4) is 0 Å². The van der Waals surface area contributed by atoms with Crippen LogP contribution in [0.5, 0.6) is 0 Å². The molecule has 3 nitrogen and oxygen atoms in total. The van der Waals surface area contributed by atoms with Crippen LogP contribution in [0.2, 0.25) is 0 Å². The number of hydrogen-bond acceptors (Lipinski definition) is 2. The summed E-state index contributed by atoms with van der Waals surface area (Å²) in [6.07, 6.45) is 4.01. The van der Waals surface area contributed by atoms with Gasteiger partial charge in [-0.05, 0) is 84.7 Å². The highest BCUT2D eigenvalue weighted by atomic mass is 16.1. The summed E-state index contributed by atoms with van der Waals surface area (Å²) in [6.45, 7) is 2.05. The zero-order valence-corrected chi connectivity index (χ0v) is 18.5. The van der Waals surface area contributed by atoms with E-state index < -0.39 is 0 Å². The minimum Gasteiger partial charge on any atom is -0.378 e. The molecular weight excluding hydrogens is 392 g/mol. The third kappa shape index (κ3) is 3.23. The van der Waals surface area contributed by atoms with Gasteiger partial charge in [0.1, 0.15) is 0 Å². The standard InChI is InChI=1S/C29H30N2O/c1-18(19-8-4-2-5-9-19)30-29(32)23-14-15-25-24(17-23)26-21-12-13-22(16-21)27(26)28(31-25)20-10-6-3-7-11-20/h2-11,14-15,17-18,21-22,26-28,31H,12-13,16H2,1H3,(H,30,32)/t18-,21+,22+,26+,27-,28+/m1/s1. The first kappa shape index (κ1) is 19.6. The molecule has 3 heteroatoms. The fourth-order valence-electron chi connectivity index (χ4n) is 6.72. The topological polar surface area (TPSA) is 41.1 Å². The van der Waals surface area contributed by atoms with Gasteiger partial charge >= 0.3 is 0 Å². The number of fused-ring (bicyclic) bond motifs is 7. The molecule has 3 aromatic carbocycles. The van der Waals surface area contributed by atoms with Gasteiger partial charge in [-0.1, -0.05) is 60.7 Å². The van der Waals surface area contributed by atoms with Gasteiger partial charge in [0, 0.05) is 11.3 Å². The SMILES string of the molecule is C[C@@H](NC(=O)c1ccc2c(c1)[C@@H]1[C@H]3CC[C@@H](C3)[C@H]1[C@H](c1ccccc1)N2)c1ccccc1. The lowest BCUT2D eigenvalue weighted by Crippen LogP contribution is -2.36. The summed E-state index contributed by atoms with van der Waals surface area (Å²) in [4.78, 5) is 13.1. The van der Waals surface area contributed by atoms with Crippen LogP contribution in [0, 0.1) is 17.8 Å². The second kappa shape index (κ2) is 7.81. The number of carbonyl (C=O) groups excluding carboxylic acids is 1. The normalized spacial score (nSPS) is 28.3. The molecule has 6 atom stereocenters. The zero-order valence-electron chi connectivity index (χ0n) is 18.5. The molecule has 1 aliphatic heterocycles. The molecule has 2 saturated carbocycles. The predicted molar refractivity (Wildman–Crippen MR) is 129 cm³/mol. The van der Waals surface area contributed by atoms with E-state index in [4.69, 9.17) is 0 Å². The summed E-state index contributed by atoms with van der Waals surface area (Å²) in [6, 6.07) is 27.7. The van der Waals surface area contributed by atoms with Gasteiger partial charge in [-0.2, -0.15) is 0 Å². The molecule has 2 aliphatic carbocycles. The average Bonchev–Trinajstić information content (AvgIpc) is 3.47. The van der Waals surface area contributed by atoms with Crippen molar-refractivity contribution in [2.45, 2.75) is 44.2 Å². The van der Waals surface area contributed by atoms with Gasteiger partial charge in [-0.3, -0.25) is 4.79 Å². The van der Waals surface area contributed by atoms with E-state index in [0.29, 0.717) is 17.9 Å². The Morgan fingerprint density at radius 1 is 0.938 bits per heavy atom. The monoisotopic (exact) mass is 422 g/mol. The molecule has 3 aliphatic rings. The lowest BCUT2D eigenvalue weighted by atomic mass is 9.68. The van der Waals surface area contributed by atoms with Crippen LogP contribution >= 0.6 is 0 Å². The van der Waals surface area contributed by atoms with Crippen LogP contribution in [0.1, 0.15) is 71.2 Å². The average molecular weight is 423 g/mol. The summed E-state index contributed by atoms with van der Waals surface area (Å²) in [5.74, 6) is 2.71. The van der Waals surface area contributed by atoms with E-state index in [-0.39, 0.29) is 11.9 Å². The third-order valence-corrected chi connectivity index (χ3v) is 8.16. The van der Waals surface area contributed by atoms with Gasteiger partial charge in [-0.15, -0.1) is 0 Å². The van der Waals surface area contributed by atoms with E-state index in [1.54, 1.807) is 0 Å². The maximum atomic E-state index is 13.1. The van der Waals surface area contributed by atoms with Crippen LogP contribution in [0.15, 0.2) is 78.9 Å². The molecule has 0 unspecified atom stereocenters. The van der Waals surface area contributed by atoms with Crippen molar-refractivity contribution < 1.29 is 4.79 Å². The van der Waals surface area contributed by atoms with Gasteiger partial charge in [-0.25, -0.2) is 0 Å². The molecule has 2 bridgehead atoms. The first-order valence-corrected chi connectivity index (χ1v) is 12.0. The minimum atomic E-state index is -0.0180. The van der Waals surface area contributed by atoms with E-state index in [9.17, 15) is 4.79 Å². The molecule has 0 radical (unpaired) electrons. The quantitative estimate of drug-likeness (QED) is 0.506. The number of carbonyl (C=O) groups is 1. The molecular formula is C29H30N2O. The van der Waals surface area contributed by atoms with Gasteiger partial charge in [0.2, 0.25) is 0 Å². The van der Waals surface area contributed by atoms with Crippen molar-refractivity contribution in [3.05, 3.63) is 101 Å². The molecule has 162 valence electrons. The van der Waals surface area contributed by atoms with Crippen molar-refractivity contribution in [2.24, 2.45) is 17.8 Å². The van der Waals surface area contributed by atoms with Crippen molar-refractivity contribution in [1.29, 1.82) is 0 Å². The van der Waals surface area contributed by atoms with E-state index >= 15 is 0 Å². The summed E-state index contributed by atoms with van der Waals surface area (Å²) >= 11 is 0. The van der Waals surface area contributed by atoms with Crippen LogP contribution in [0.4, 0.5) is 5.69 Å². The number of nitrogens with one attached hydrogen (secondary N) is 2.